The second-order valence-electron chi connectivity index (χ2n) is 7.52. The fourth-order valence-corrected chi connectivity index (χ4v) is 3.96. The van der Waals surface area contributed by atoms with E-state index in [1.165, 1.54) is 6.07 Å². The van der Waals surface area contributed by atoms with Crippen LogP contribution in [0.1, 0.15) is 29.1 Å². The number of hydrogen-bond acceptors (Lipinski definition) is 6. The lowest BCUT2D eigenvalue weighted by molar-refractivity contribution is 0.0667. The average Bonchev–Trinajstić information content (AvgIpc) is 3.42. The van der Waals surface area contributed by atoms with Gasteiger partial charge in [-0.3, -0.25) is 4.79 Å². The lowest BCUT2D eigenvalue weighted by Crippen LogP contribution is -2.40. The molecule has 5 rings (SSSR count). The molecule has 7 nitrogen and oxygen atoms in total. The average molecular weight is 409 g/mol. The van der Waals surface area contributed by atoms with Gasteiger partial charge in [-0.05, 0) is 49.1 Å². The highest BCUT2D eigenvalue weighted by molar-refractivity contribution is 5.95. The van der Waals surface area contributed by atoms with Crippen LogP contribution in [-0.2, 0) is 6.42 Å². The summed E-state index contributed by atoms with van der Waals surface area (Å²) in [5.74, 6) is 1.73. The number of aromatic nitrogens is 2. The Kier molecular flexibility index (Phi) is 4.82. The van der Waals surface area contributed by atoms with Crippen LogP contribution in [0.3, 0.4) is 0 Å². The van der Waals surface area contributed by atoms with E-state index >= 15 is 0 Å². The number of hydrogen-bond donors (Lipinski definition) is 0. The molecular formula is C22H20FN3O4. The summed E-state index contributed by atoms with van der Waals surface area (Å²) >= 11 is 0. The van der Waals surface area contributed by atoms with Crippen molar-refractivity contribution in [3.05, 3.63) is 59.7 Å². The lowest BCUT2D eigenvalue weighted by atomic mass is 9.94. The second-order valence-corrected chi connectivity index (χ2v) is 7.52. The molecule has 8 heteroatoms. The molecule has 0 radical (unpaired) electrons. The number of nitrogens with zero attached hydrogens (tertiary/aromatic N) is 3. The molecule has 1 amide bonds. The van der Waals surface area contributed by atoms with E-state index in [0.29, 0.717) is 48.0 Å². The van der Waals surface area contributed by atoms with Crippen molar-refractivity contribution in [2.24, 2.45) is 5.92 Å². The summed E-state index contributed by atoms with van der Waals surface area (Å²) in [6.07, 6.45) is 2.41. The molecule has 0 unspecified atom stereocenters. The Morgan fingerprint density at radius 2 is 2.03 bits per heavy atom. The van der Waals surface area contributed by atoms with E-state index in [0.717, 1.165) is 12.8 Å². The Labute approximate surface area is 172 Å². The number of likely N-dealkylation sites (tertiary alicyclic amines) is 1. The summed E-state index contributed by atoms with van der Waals surface area (Å²) in [6, 6.07) is 11.6. The number of halogens is 1. The fourth-order valence-electron chi connectivity index (χ4n) is 3.96. The van der Waals surface area contributed by atoms with Crippen molar-refractivity contribution in [1.29, 1.82) is 0 Å². The number of piperidine rings is 1. The number of amides is 1. The third kappa shape index (κ3) is 3.60. The normalized spacial score (nSPS) is 17.9. The van der Waals surface area contributed by atoms with Gasteiger partial charge < -0.3 is 18.9 Å². The predicted octanol–water partition coefficient (Wildman–Crippen LogP) is 3.70. The molecular weight excluding hydrogens is 389 g/mol. The van der Waals surface area contributed by atoms with Gasteiger partial charge in [-0.2, -0.15) is 4.98 Å². The minimum Gasteiger partial charge on any atom is -0.454 e. The number of ether oxygens (including phenoxy) is 2. The van der Waals surface area contributed by atoms with Crippen molar-refractivity contribution in [3.63, 3.8) is 0 Å². The summed E-state index contributed by atoms with van der Waals surface area (Å²) in [6.45, 7) is 1.48. The monoisotopic (exact) mass is 409 g/mol. The minimum atomic E-state index is -0.386. The van der Waals surface area contributed by atoms with Crippen LogP contribution in [0.25, 0.3) is 11.4 Å². The quantitative estimate of drug-likeness (QED) is 0.654. The Bertz CT molecular complexity index is 1080. The number of fused-ring (bicyclic) bond motifs is 1. The highest BCUT2D eigenvalue weighted by Crippen LogP contribution is 2.33. The number of rotatable bonds is 4. The Balaban J connectivity index is 1.26. The van der Waals surface area contributed by atoms with E-state index in [9.17, 15) is 9.18 Å². The van der Waals surface area contributed by atoms with Crippen LogP contribution in [0.4, 0.5) is 4.39 Å². The Hall–Kier alpha value is -3.42. The first kappa shape index (κ1) is 18.6. The summed E-state index contributed by atoms with van der Waals surface area (Å²) in [4.78, 5) is 19.2. The van der Waals surface area contributed by atoms with Crippen molar-refractivity contribution >= 4 is 5.91 Å². The molecule has 0 bridgehead atoms. The van der Waals surface area contributed by atoms with Gasteiger partial charge in [0.2, 0.25) is 18.5 Å². The molecule has 0 spiro atoms. The Morgan fingerprint density at radius 1 is 1.17 bits per heavy atom. The first-order valence-electron chi connectivity index (χ1n) is 9.94. The lowest BCUT2D eigenvalue weighted by Gasteiger charge is -2.32. The molecule has 2 aliphatic heterocycles. The van der Waals surface area contributed by atoms with Crippen molar-refractivity contribution in [3.8, 4) is 22.9 Å². The van der Waals surface area contributed by atoms with Crippen LogP contribution in [-0.4, -0.2) is 40.8 Å². The zero-order valence-corrected chi connectivity index (χ0v) is 16.2. The highest BCUT2D eigenvalue weighted by Gasteiger charge is 2.27. The maximum Gasteiger partial charge on any atom is 0.254 e. The molecule has 0 N–H and O–H groups in total. The van der Waals surface area contributed by atoms with Crippen LogP contribution in [0.2, 0.25) is 0 Å². The van der Waals surface area contributed by atoms with Gasteiger partial charge in [0.25, 0.3) is 5.91 Å². The third-order valence-electron chi connectivity index (χ3n) is 5.47. The molecule has 0 aliphatic carbocycles. The largest absolute Gasteiger partial charge is 0.454 e. The van der Waals surface area contributed by atoms with Crippen LogP contribution >= 0.6 is 0 Å². The van der Waals surface area contributed by atoms with Gasteiger partial charge in [-0.15, -0.1) is 0 Å². The van der Waals surface area contributed by atoms with Gasteiger partial charge >= 0.3 is 0 Å². The zero-order valence-electron chi connectivity index (χ0n) is 16.2. The van der Waals surface area contributed by atoms with Crippen LogP contribution in [0, 0.1) is 11.7 Å². The maximum atomic E-state index is 13.9. The van der Waals surface area contributed by atoms with Gasteiger partial charge in [0.1, 0.15) is 5.82 Å². The molecule has 1 atom stereocenters. The van der Waals surface area contributed by atoms with Crippen molar-refractivity contribution in [2.45, 2.75) is 19.3 Å². The minimum absolute atomic E-state index is 0.0319. The summed E-state index contributed by atoms with van der Waals surface area (Å²) in [5, 5.41) is 3.92. The van der Waals surface area contributed by atoms with Gasteiger partial charge in [0, 0.05) is 25.1 Å². The Morgan fingerprint density at radius 3 is 2.93 bits per heavy atom. The number of carbonyl (C=O) groups is 1. The van der Waals surface area contributed by atoms with E-state index in [1.54, 1.807) is 36.4 Å². The van der Waals surface area contributed by atoms with E-state index in [4.69, 9.17) is 14.0 Å². The van der Waals surface area contributed by atoms with Crippen LogP contribution < -0.4 is 9.47 Å². The molecule has 1 fully saturated rings. The summed E-state index contributed by atoms with van der Waals surface area (Å²) < 4.78 is 30.0. The summed E-state index contributed by atoms with van der Waals surface area (Å²) in [5.41, 5.74) is 0.898. The predicted molar refractivity (Wildman–Crippen MR) is 105 cm³/mol. The molecule has 2 aliphatic rings. The number of benzene rings is 2. The van der Waals surface area contributed by atoms with E-state index < -0.39 is 0 Å². The molecule has 1 aromatic heterocycles. The second kappa shape index (κ2) is 7.78. The van der Waals surface area contributed by atoms with Gasteiger partial charge in [0.05, 0.1) is 5.56 Å². The SMILES string of the molecule is O=C(c1ccc2c(c1)OCO2)N1CCC[C@H](Cc2nc(-c3ccccc3F)no2)C1. The molecule has 0 saturated carbocycles. The fraction of sp³-hybridized carbons (Fsp3) is 0.318. The number of carbonyl (C=O) groups excluding carboxylic acids is 1. The van der Waals surface area contributed by atoms with Gasteiger partial charge in [0.15, 0.2) is 11.5 Å². The van der Waals surface area contributed by atoms with E-state index in [2.05, 4.69) is 10.1 Å². The first-order valence-corrected chi connectivity index (χ1v) is 9.94. The molecule has 1 saturated heterocycles. The molecule has 154 valence electrons. The third-order valence-corrected chi connectivity index (χ3v) is 5.47. The van der Waals surface area contributed by atoms with Crippen molar-refractivity contribution < 1.29 is 23.2 Å². The zero-order chi connectivity index (χ0) is 20.5. The maximum absolute atomic E-state index is 13.9. The first-order chi connectivity index (χ1) is 14.7. The molecule has 30 heavy (non-hydrogen) atoms. The van der Waals surface area contributed by atoms with Gasteiger partial charge in [-0.1, -0.05) is 17.3 Å². The van der Waals surface area contributed by atoms with E-state index in [1.807, 2.05) is 4.90 Å². The van der Waals surface area contributed by atoms with E-state index in [-0.39, 0.29) is 30.3 Å². The van der Waals surface area contributed by atoms with Crippen molar-refractivity contribution in [1.82, 2.24) is 15.0 Å². The van der Waals surface area contributed by atoms with Crippen molar-refractivity contribution in [2.75, 3.05) is 19.9 Å². The van der Waals surface area contributed by atoms with Crippen LogP contribution in [0.5, 0.6) is 11.5 Å². The van der Waals surface area contributed by atoms with Gasteiger partial charge in [-0.25, -0.2) is 4.39 Å². The standard InChI is InChI=1S/C22H20FN3O4/c23-17-6-2-1-5-16(17)21-24-20(30-25-21)10-14-4-3-9-26(12-14)22(27)15-7-8-18-19(11-15)29-13-28-18/h1-2,5-8,11,14H,3-4,9-10,12-13H2/t14-/m1/s1. The molecule has 3 aromatic rings. The summed E-state index contributed by atoms with van der Waals surface area (Å²) in [7, 11) is 0. The molecule has 3 heterocycles. The molecule has 2 aromatic carbocycles. The van der Waals surface area contributed by atoms with Crippen LogP contribution in [0.15, 0.2) is 47.0 Å². The highest BCUT2D eigenvalue weighted by atomic mass is 19.1. The smallest absolute Gasteiger partial charge is 0.254 e. The topological polar surface area (TPSA) is 77.7 Å².